The normalized spacial score (nSPS) is 11.0. The van der Waals surface area contributed by atoms with Crippen molar-refractivity contribution in [3.05, 3.63) is 65.7 Å². The van der Waals surface area contributed by atoms with Crippen molar-refractivity contribution in [3.63, 3.8) is 0 Å². The van der Waals surface area contributed by atoms with E-state index in [-0.39, 0.29) is 30.8 Å². The molecule has 0 spiro atoms. The molecule has 0 aliphatic carbocycles. The zero-order chi connectivity index (χ0) is 22.6. The molecule has 0 aliphatic heterocycles. The van der Waals surface area contributed by atoms with Crippen LogP contribution in [0.3, 0.4) is 0 Å². The van der Waals surface area contributed by atoms with Crippen LogP contribution in [0.15, 0.2) is 54.6 Å². The van der Waals surface area contributed by atoms with Crippen LogP contribution >= 0.6 is 0 Å². The fourth-order valence-corrected chi connectivity index (χ4v) is 2.51. The van der Waals surface area contributed by atoms with E-state index in [2.05, 4.69) is 20.7 Å². The van der Waals surface area contributed by atoms with E-state index in [1.165, 1.54) is 20.1 Å². The summed E-state index contributed by atoms with van der Waals surface area (Å²) in [4.78, 5) is 47.9. The van der Waals surface area contributed by atoms with Gasteiger partial charge in [0, 0.05) is 6.54 Å². The lowest BCUT2D eigenvalue weighted by molar-refractivity contribution is -0.140. The molecule has 31 heavy (non-hydrogen) atoms. The Kier molecular flexibility index (Phi) is 9.03. The molecular formula is C22H25N3O6. The van der Waals surface area contributed by atoms with E-state index in [1.807, 2.05) is 30.3 Å². The van der Waals surface area contributed by atoms with E-state index < -0.39 is 29.9 Å². The second-order valence-electron chi connectivity index (χ2n) is 6.54. The van der Waals surface area contributed by atoms with Gasteiger partial charge in [0.25, 0.3) is 5.91 Å². The molecule has 164 valence electrons. The van der Waals surface area contributed by atoms with Crippen molar-refractivity contribution in [2.24, 2.45) is 0 Å². The van der Waals surface area contributed by atoms with Crippen molar-refractivity contribution in [3.8, 4) is 0 Å². The van der Waals surface area contributed by atoms with E-state index in [0.29, 0.717) is 0 Å². The maximum Gasteiger partial charge on any atom is 0.408 e. The number of anilines is 1. The number of hydrogen-bond acceptors (Lipinski definition) is 6. The second-order valence-corrected chi connectivity index (χ2v) is 6.54. The van der Waals surface area contributed by atoms with Crippen molar-refractivity contribution >= 4 is 29.6 Å². The van der Waals surface area contributed by atoms with Gasteiger partial charge in [0.15, 0.2) is 0 Å². The number of hydrogen-bond donors (Lipinski definition) is 3. The summed E-state index contributed by atoms with van der Waals surface area (Å²) in [6.07, 6.45) is -0.705. The Balaban J connectivity index is 1.88. The average Bonchev–Trinajstić information content (AvgIpc) is 2.78. The summed E-state index contributed by atoms with van der Waals surface area (Å²) in [6, 6.07) is 14.6. The van der Waals surface area contributed by atoms with E-state index >= 15 is 0 Å². The van der Waals surface area contributed by atoms with Gasteiger partial charge in [0.2, 0.25) is 5.91 Å². The maximum atomic E-state index is 12.5. The molecule has 0 aromatic heterocycles. The van der Waals surface area contributed by atoms with Gasteiger partial charge in [-0.05, 0) is 24.6 Å². The number of carbonyl (C=O) groups excluding carboxylic acids is 4. The SMILES string of the molecule is COC(=O)CCNC(=O)c1ccccc1NC(=O)[C@H](C)NC(=O)OCc1ccccc1. The molecule has 0 radical (unpaired) electrons. The zero-order valence-electron chi connectivity index (χ0n) is 17.3. The fraction of sp³-hybridized carbons (Fsp3) is 0.273. The van der Waals surface area contributed by atoms with E-state index in [0.717, 1.165) is 5.56 Å². The summed E-state index contributed by atoms with van der Waals surface area (Å²) < 4.78 is 9.62. The Bertz CT molecular complexity index is 916. The van der Waals surface area contributed by atoms with E-state index in [4.69, 9.17) is 4.74 Å². The predicted octanol–water partition coefficient (Wildman–Crippen LogP) is 2.23. The first kappa shape index (κ1) is 23.4. The molecule has 9 nitrogen and oxygen atoms in total. The number of para-hydroxylation sites is 1. The summed E-state index contributed by atoms with van der Waals surface area (Å²) in [5.41, 5.74) is 1.32. The number of methoxy groups -OCH3 is 1. The van der Waals surface area contributed by atoms with Gasteiger partial charge < -0.3 is 25.4 Å². The van der Waals surface area contributed by atoms with Crippen LogP contribution in [-0.2, 0) is 25.7 Å². The van der Waals surface area contributed by atoms with Gasteiger partial charge in [-0.2, -0.15) is 0 Å². The first-order valence-electron chi connectivity index (χ1n) is 9.63. The van der Waals surface area contributed by atoms with Gasteiger partial charge in [0.1, 0.15) is 12.6 Å². The second kappa shape index (κ2) is 12.0. The first-order valence-corrected chi connectivity index (χ1v) is 9.63. The van der Waals surface area contributed by atoms with Crippen LogP contribution in [0.2, 0.25) is 0 Å². The largest absolute Gasteiger partial charge is 0.469 e. The molecule has 0 unspecified atom stereocenters. The summed E-state index contributed by atoms with van der Waals surface area (Å²) >= 11 is 0. The third-order valence-corrected chi connectivity index (χ3v) is 4.21. The number of amides is 3. The number of nitrogens with one attached hydrogen (secondary N) is 3. The highest BCUT2D eigenvalue weighted by atomic mass is 16.5. The molecule has 2 aromatic rings. The van der Waals surface area contributed by atoms with Crippen molar-refractivity contribution < 1.29 is 28.7 Å². The summed E-state index contributed by atoms with van der Waals surface area (Å²) in [7, 11) is 1.27. The molecule has 0 saturated carbocycles. The highest BCUT2D eigenvalue weighted by molar-refractivity contribution is 6.05. The molecular weight excluding hydrogens is 402 g/mol. The number of rotatable bonds is 9. The highest BCUT2D eigenvalue weighted by Gasteiger charge is 2.19. The minimum atomic E-state index is -0.904. The van der Waals surface area contributed by atoms with Crippen LogP contribution in [0.1, 0.15) is 29.3 Å². The molecule has 0 bridgehead atoms. The molecule has 3 amide bonds. The van der Waals surface area contributed by atoms with Crippen LogP contribution in [0, 0.1) is 0 Å². The van der Waals surface area contributed by atoms with Gasteiger partial charge in [-0.3, -0.25) is 14.4 Å². The number of ether oxygens (including phenoxy) is 2. The van der Waals surface area contributed by atoms with Crippen molar-refractivity contribution in [2.45, 2.75) is 26.0 Å². The summed E-state index contributed by atoms with van der Waals surface area (Å²) in [6.45, 7) is 1.67. The van der Waals surface area contributed by atoms with E-state index in [1.54, 1.807) is 18.2 Å². The Morgan fingerprint density at radius 1 is 0.968 bits per heavy atom. The standard InChI is InChI=1S/C22H25N3O6/c1-15(24-22(29)31-14-16-8-4-3-5-9-16)20(27)25-18-11-7-6-10-17(18)21(28)23-13-12-19(26)30-2/h3-11,15H,12-14H2,1-2H3,(H,23,28)(H,24,29)(H,25,27)/t15-/m0/s1. The van der Waals surface area contributed by atoms with Gasteiger partial charge in [-0.15, -0.1) is 0 Å². The molecule has 3 N–H and O–H groups in total. The van der Waals surface area contributed by atoms with Crippen LogP contribution in [0.5, 0.6) is 0 Å². The highest BCUT2D eigenvalue weighted by Crippen LogP contribution is 2.15. The fourth-order valence-electron chi connectivity index (χ4n) is 2.51. The van der Waals surface area contributed by atoms with Crippen LogP contribution in [0.4, 0.5) is 10.5 Å². The lowest BCUT2D eigenvalue weighted by atomic mass is 10.1. The molecule has 0 aliphatic rings. The molecule has 0 fully saturated rings. The van der Waals surface area contributed by atoms with Gasteiger partial charge in [-0.1, -0.05) is 42.5 Å². The molecule has 0 heterocycles. The predicted molar refractivity (Wildman–Crippen MR) is 113 cm³/mol. The molecule has 0 saturated heterocycles. The number of alkyl carbamates (subject to hydrolysis) is 1. The average molecular weight is 427 g/mol. The maximum absolute atomic E-state index is 12.5. The van der Waals surface area contributed by atoms with Crippen molar-refractivity contribution in [1.82, 2.24) is 10.6 Å². The Hall–Kier alpha value is -3.88. The van der Waals surface area contributed by atoms with Crippen molar-refractivity contribution in [1.29, 1.82) is 0 Å². The molecule has 2 rings (SSSR count). The Morgan fingerprint density at radius 3 is 2.35 bits per heavy atom. The Labute approximate surface area is 180 Å². The number of benzene rings is 2. The first-order chi connectivity index (χ1) is 14.9. The zero-order valence-corrected chi connectivity index (χ0v) is 17.3. The molecule has 1 atom stereocenters. The third kappa shape index (κ3) is 7.81. The Morgan fingerprint density at radius 2 is 1.65 bits per heavy atom. The lowest BCUT2D eigenvalue weighted by Crippen LogP contribution is -2.42. The summed E-state index contributed by atoms with van der Waals surface area (Å²) in [5.74, 6) is -1.42. The topological polar surface area (TPSA) is 123 Å². The third-order valence-electron chi connectivity index (χ3n) is 4.21. The minimum Gasteiger partial charge on any atom is -0.469 e. The number of esters is 1. The van der Waals surface area contributed by atoms with Gasteiger partial charge in [0.05, 0.1) is 24.8 Å². The van der Waals surface area contributed by atoms with Crippen LogP contribution < -0.4 is 16.0 Å². The number of carbonyl (C=O) groups is 4. The van der Waals surface area contributed by atoms with Crippen molar-refractivity contribution in [2.75, 3.05) is 19.0 Å². The van der Waals surface area contributed by atoms with Gasteiger partial charge >= 0.3 is 12.1 Å². The monoisotopic (exact) mass is 427 g/mol. The quantitative estimate of drug-likeness (QED) is 0.528. The van der Waals surface area contributed by atoms with Crippen LogP contribution in [-0.4, -0.2) is 43.6 Å². The molecule has 2 aromatic carbocycles. The van der Waals surface area contributed by atoms with Gasteiger partial charge in [-0.25, -0.2) is 4.79 Å². The summed E-state index contributed by atoms with van der Waals surface area (Å²) in [5, 5.41) is 7.66. The van der Waals surface area contributed by atoms with E-state index in [9.17, 15) is 19.2 Å². The smallest absolute Gasteiger partial charge is 0.408 e. The lowest BCUT2D eigenvalue weighted by Gasteiger charge is -2.16. The minimum absolute atomic E-state index is 0.0306. The molecule has 9 heteroatoms. The van der Waals surface area contributed by atoms with Crippen LogP contribution in [0.25, 0.3) is 0 Å².